The van der Waals surface area contributed by atoms with E-state index in [0.29, 0.717) is 11.3 Å². The Kier molecular flexibility index (Phi) is 7.65. The summed E-state index contributed by atoms with van der Waals surface area (Å²) in [5.74, 6) is -0.628. The number of esters is 1. The highest BCUT2D eigenvalue weighted by atomic mass is 32.2. The van der Waals surface area contributed by atoms with Gasteiger partial charge in [-0.25, -0.2) is 13.2 Å². The number of ether oxygens (including phenoxy) is 1. The molecule has 1 N–H and O–H groups in total. The molecule has 1 aromatic carbocycles. The number of methoxy groups -OCH3 is 1. The van der Waals surface area contributed by atoms with Crippen molar-refractivity contribution in [3.8, 4) is 0 Å². The number of hydrogen-bond donors (Lipinski definition) is 1. The summed E-state index contributed by atoms with van der Waals surface area (Å²) in [7, 11) is -2.27. The van der Waals surface area contributed by atoms with Gasteiger partial charge in [0.25, 0.3) is 0 Å². The van der Waals surface area contributed by atoms with Gasteiger partial charge in [0.2, 0.25) is 15.9 Å². The predicted molar refractivity (Wildman–Crippen MR) is 104 cm³/mol. The van der Waals surface area contributed by atoms with E-state index in [4.69, 9.17) is 0 Å². The zero-order valence-corrected chi connectivity index (χ0v) is 16.8. The first-order chi connectivity index (χ1) is 12.8. The van der Waals surface area contributed by atoms with Crippen molar-refractivity contribution >= 4 is 27.6 Å². The summed E-state index contributed by atoms with van der Waals surface area (Å²) in [5.41, 5.74) is 0.744. The first kappa shape index (κ1) is 21.2. The molecule has 8 heteroatoms. The fourth-order valence-electron chi connectivity index (χ4n) is 3.29. The van der Waals surface area contributed by atoms with E-state index in [2.05, 4.69) is 10.1 Å². The Labute approximate surface area is 161 Å². The molecule has 1 aromatic rings. The molecule has 0 spiro atoms. The largest absolute Gasteiger partial charge is 0.465 e. The van der Waals surface area contributed by atoms with Crippen LogP contribution in [0.5, 0.6) is 0 Å². The quantitative estimate of drug-likeness (QED) is 0.565. The van der Waals surface area contributed by atoms with Gasteiger partial charge in [0.05, 0.1) is 24.6 Å². The van der Waals surface area contributed by atoms with E-state index in [-0.39, 0.29) is 24.9 Å². The van der Waals surface area contributed by atoms with Crippen molar-refractivity contribution in [2.75, 3.05) is 24.2 Å². The van der Waals surface area contributed by atoms with Crippen molar-refractivity contribution in [3.63, 3.8) is 0 Å². The maximum Gasteiger partial charge on any atom is 0.337 e. The molecule has 1 fully saturated rings. The topological polar surface area (TPSA) is 92.8 Å². The molecule has 1 amide bonds. The van der Waals surface area contributed by atoms with Crippen LogP contribution in [0.3, 0.4) is 0 Å². The lowest BCUT2D eigenvalue weighted by molar-refractivity contribution is -0.121. The minimum Gasteiger partial charge on any atom is -0.465 e. The van der Waals surface area contributed by atoms with Gasteiger partial charge < -0.3 is 10.1 Å². The average molecular weight is 397 g/mol. The SMILES string of the molecule is COC(=O)c1ccc(N(CCC(=O)NC2CCCCCC2)S(C)(=O)=O)cc1. The maximum atomic E-state index is 12.3. The fourth-order valence-corrected chi connectivity index (χ4v) is 4.22. The van der Waals surface area contributed by atoms with Crippen LogP contribution in [-0.4, -0.2) is 46.2 Å². The van der Waals surface area contributed by atoms with E-state index in [1.54, 1.807) is 0 Å². The van der Waals surface area contributed by atoms with Gasteiger partial charge in [-0.15, -0.1) is 0 Å². The molecule has 0 saturated heterocycles. The third kappa shape index (κ3) is 6.53. The molecule has 27 heavy (non-hydrogen) atoms. The van der Waals surface area contributed by atoms with Gasteiger partial charge in [-0.1, -0.05) is 25.7 Å². The van der Waals surface area contributed by atoms with E-state index < -0.39 is 16.0 Å². The third-order valence-electron chi connectivity index (χ3n) is 4.74. The number of nitrogens with one attached hydrogen (secondary N) is 1. The lowest BCUT2D eigenvalue weighted by atomic mass is 10.1. The van der Waals surface area contributed by atoms with Crippen LogP contribution in [0.15, 0.2) is 24.3 Å². The van der Waals surface area contributed by atoms with Crippen LogP contribution < -0.4 is 9.62 Å². The number of carbonyl (C=O) groups is 2. The number of anilines is 1. The molecule has 0 atom stereocenters. The Morgan fingerprint density at radius 3 is 2.22 bits per heavy atom. The normalized spacial score (nSPS) is 15.6. The number of hydrogen-bond acceptors (Lipinski definition) is 5. The zero-order valence-electron chi connectivity index (χ0n) is 15.9. The second-order valence-electron chi connectivity index (χ2n) is 6.88. The van der Waals surface area contributed by atoms with Crippen LogP contribution >= 0.6 is 0 Å². The number of rotatable bonds is 7. The Balaban J connectivity index is 2.00. The average Bonchev–Trinajstić information content (AvgIpc) is 2.89. The second-order valence-corrected chi connectivity index (χ2v) is 8.79. The van der Waals surface area contributed by atoms with E-state index in [1.165, 1.54) is 48.5 Å². The molecule has 0 radical (unpaired) electrons. The van der Waals surface area contributed by atoms with Gasteiger partial charge in [0.15, 0.2) is 0 Å². The van der Waals surface area contributed by atoms with Gasteiger partial charge >= 0.3 is 5.97 Å². The first-order valence-corrected chi connectivity index (χ1v) is 11.1. The summed E-state index contributed by atoms with van der Waals surface area (Å²) in [5, 5.41) is 3.03. The highest BCUT2D eigenvalue weighted by Crippen LogP contribution is 2.20. The van der Waals surface area contributed by atoms with E-state index in [9.17, 15) is 18.0 Å². The molecular weight excluding hydrogens is 368 g/mol. The molecule has 1 saturated carbocycles. The Morgan fingerprint density at radius 2 is 1.70 bits per heavy atom. The standard InChI is InChI=1S/C19H28N2O5S/c1-26-19(23)15-9-11-17(12-10-15)21(27(2,24)25)14-13-18(22)20-16-7-5-3-4-6-8-16/h9-12,16H,3-8,13-14H2,1-2H3,(H,20,22). The molecular formula is C19H28N2O5S. The van der Waals surface area contributed by atoms with Gasteiger partial charge in [-0.2, -0.15) is 0 Å². The van der Waals surface area contributed by atoms with Crippen molar-refractivity contribution in [2.45, 2.75) is 51.0 Å². The highest BCUT2D eigenvalue weighted by molar-refractivity contribution is 7.92. The van der Waals surface area contributed by atoms with E-state index in [0.717, 1.165) is 31.9 Å². The molecule has 0 heterocycles. The predicted octanol–water partition coefficient (Wildman–Crippen LogP) is 2.47. The van der Waals surface area contributed by atoms with Crippen molar-refractivity contribution < 1.29 is 22.7 Å². The van der Waals surface area contributed by atoms with Crippen molar-refractivity contribution in [3.05, 3.63) is 29.8 Å². The number of nitrogens with zero attached hydrogens (tertiary/aromatic N) is 1. The van der Waals surface area contributed by atoms with Crippen molar-refractivity contribution in [1.29, 1.82) is 0 Å². The van der Waals surface area contributed by atoms with Crippen LogP contribution in [0.4, 0.5) is 5.69 Å². The summed E-state index contributed by atoms with van der Waals surface area (Å²) in [6, 6.07) is 6.27. The summed E-state index contributed by atoms with van der Waals surface area (Å²) in [6.45, 7) is 0.0506. The fraction of sp³-hybridized carbons (Fsp3) is 0.579. The first-order valence-electron chi connectivity index (χ1n) is 9.26. The number of sulfonamides is 1. The van der Waals surface area contributed by atoms with Crippen molar-refractivity contribution in [1.82, 2.24) is 5.32 Å². The Bertz CT molecular complexity index is 738. The van der Waals surface area contributed by atoms with Gasteiger partial charge in [0, 0.05) is 19.0 Å². The van der Waals surface area contributed by atoms with Crippen molar-refractivity contribution in [2.24, 2.45) is 0 Å². The van der Waals surface area contributed by atoms with Gasteiger partial charge in [0.1, 0.15) is 0 Å². The number of carbonyl (C=O) groups excluding carboxylic acids is 2. The second kappa shape index (κ2) is 9.73. The minimum absolute atomic E-state index is 0.0506. The highest BCUT2D eigenvalue weighted by Gasteiger charge is 2.20. The molecule has 150 valence electrons. The van der Waals surface area contributed by atoms with Crippen LogP contribution in [0.1, 0.15) is 55.3 Å². The van der Waals surface area contributed by atoms with E-state index in [1.807, 2.05) is 0 Å². The monoisotopic (exact) mass is 396 g/mol. The number of benzene rings is 1. The summed E-state index contributed by atoms with van der Waals surface area (Å²) in [6.07, 6.45) is 7.80. The maximum absolute atomic E-state index is 12.3. The summed E-state index contributed by atoms with van der Waals surface area (Å²) in [4.78, 5) is 23.8. The summed E-state index contributed by atoms with van der Waals surface area (Å²) < 4.78 is 30.1. The van der Waals surface area contributed by atoms with Crippen LogP contribution in [0, 0.1) is 0 Å². The summed E-state index contributed by atoms with van der Waals surface area (Å²) >= 11 is 0. The molecule has 1 aliphatic rings. The molecule has 0 unspecified atom stereocenters. The molecule has 0 aliphatic heterocycles. The molecule has 2 rings (SSSR count). The lowest BCUT2D eigenvalue weighted by Crippen LogP contribution is -2.38. The van der Waals surface area contributed by atoms with Crippen LogP contribution in [-0.2, 0) is 19.6 Å². The lowest BCUT2D eigenvalue weighted by Gasteiger charge is -2.23. The minimum atomic E-state index is -3.55. The molecule has 1 aliphatic carbocycles. The molecule has 7 nitrogen and oxygen atoms in total. The van der Waals surface area contributed by atoms with Crippen LogP contribution in [0.25, 0.3) is 0 Å². The van der Waals surface area contributed by atoms with E-state index >= 15 is 0 Å². The van der Waals surface area contributed by atoms with Crippen LogP contribution in [0.2, 0.25) is 0 Å². The Morgan fingerprint density at radius 1 is 1.11 bits per heavy atom. The van der Waals surface area contributed by atoms with Gasteiger partial charge in [-0.3, -0.25) is 9.10 Å². The third-order valence-corrected chi connectivity index (χ3v) is 5.93. The zero-order chi connectivity index (χ0) is 19.9. The molecule has 0 aromatic heterocycles. The molecule has 0 bridgehead atoms. The number of amides is 1. The van der Waals surface area contributed by atoms with Gasteiger partial charge in [-0.05, 0) is 37.1 Å². The Hall–Kier alpha value is -2.09. The smallest absolute Gasteiger partial charge is 0.337 e.